The van der Waals surface area contributed by atoms with Gasteiger partial charge in [-0.05, 0) is 43.7 Å². The Morgan fingerprint density at radius 2 is 1.65 bits per heavy atom. The molecule has 1 aliphatic heterocycles. The quantitative estimate of drug-likeness (QED) is 0.111. The molecule has 0 saturated carbocycles. The number of methoxy groups -OCH3 is 2. The first-order valence-electron chi connectivity index (χ1n) is 12.0. The first-order chi connectivity index (χ1) is 19.1. The minimum atomic E-state index is -1.08. The summed E-state index contributed by atoms with van der Waals surface area (Å²) in [6, 6.07) is 13.0. The monoisotopic (exact) mass is 549 g/mol. The zero-order valence-corrected chi connectivity index (χ0v) is 22.6. The first-order valence-corrected chi connectivity index (χ1v) is 12.0. The fourth-order valence-corrected chi connectivity index (χ4v) is 3.73. The van der Waals surface area contributed by atoms with Crippen LogP contribution in [0.5, 0.6) is 0 Å². The SMILES string of the molecule is C=C(C)COC(=O)c1ccccc1N1N=C(C(=O)OC)CC1(C)COC(=O)c1ccccc1NN=[C+]C(=O)OC. The summed E-state index contributed by atoms with van der Waals surface area (Å²) in [6.45, 7) is 7.01. The summed E-state index contributed by atoms with van der Waals surface area (Å²) in [5.41, 5.74) is 3.17. The molecule has 0 aromatic heterocycles. The van der Waals surface area contributed by atoms with E-state index in [0.717, 1.165) is 0 Å². The van der Waals surface area contributed by atoms with Gasteiger partial charge < -0.3 is 18.9 Å². The Balaban J connectivity index is 1.88. The van der Waals surface area contributed by atoms with Gasteiger partial charge in [0.15, 0.2) is 0 Å². The van der Waals surface area contributed by atoms with Gasteiger partial charge in [0.2, 0.25) is 0 Å². The number of nitrogens with one attached hydrogen (secondary N) is 1. The van der Waals surface area contributed by atoms with E-state index in [9.17, 15) is 19.2 Å². The van der Waals surface area contributed by atoms with Crippen LogP contribution in [0.3, 0.4) is 0 Å². The lowest BCUT2D eigenvalue weighted by Gasteiger charge is -2.34. The van der Waals surface area contributed by atoms with E-state index in [4.69, 9.17) is 14.2 Å². The molecule has 1 N–H and O–H groups in total. The van der Waals surface area contributed by atoms with Gasteiger partial charge in [-0.1, -0.05) is 30.8 Å². The largest absolute Gasteiger partial charge is 0.619 e. The van der Waals surface area contributed by atoms with E-state index in [-0.39, 0.29) is 42.2 Å². The Morgan fingerprint density at radius 1 is 1.00 bits per heavy atom. The molecule has 1 unspecified atom stereocenters. The first kappa shape index (κ1) is 29.5. The van der Waals surface area contributed by atoms with Gasteiger partial charge >= 0.3 is 30.1 Å². The van der Waals surface area contributed by atoms with Crippen LogP contribution in [0.15, 0.2) is 70.9 Å². The zero-order chi connectivity index (χ0) is 29.3. The molecule has 0 aliphatic carbocycles. The average molecular weight is 550 g/mol. The maximum absolute atomic E-state index is 13.1. The number of ether oxygens (including phenoxy) is 4. The third-order valence-corrected chi connectivity index (χ3v) is 5.67. The number of rotatable bonds is 11. The maximum Gasteiger partial charge on any atom is 0.619 e. The van der Waals surface area contributed by atoms with Gasteiger partial charge in [0.25, 0.3) is 0 Å². The van der Waals surface area contributed by atoms with Crippen molar-refractivity contribution in [3.8, 4) is 0 Å². The molecule has 2 aromatic rings. The van der Waals surface area contributed by atoms with Crippen LogP contribution in [0, 0.1) is 0 Å². The number of hydrogen-bond donors (Lipinski definition) is 1. The van der Waals surface area contributed by atoms with Crippen LogP contribution in [0.25, 0.3) is 0 Å². The van der Waals surface area contributed by atoms with Crippen LogP contribution >= 0.6 is 0 Å². The number of anilines is 2. The van der Waals surface area contributed by atoms with Gasteiger partial charge in [-0.25, -0.2) is 19.8 Å². The summed E-state index contributed by atoms with van der Waals surface area (Å²) in [4.78, 5) is 49.6. The normalized spacial score (nSPS) is 16.0. The Kier molecular flexibility index (Phi) is 9.66. The van der Waals surface area contributed by atoms with E-state index in [2.05, 4.69) is 33.2 Å². The van der Waals surface area contributed by atoms with Crippen molar-refractivity contribution in [3.63, 3.8) is 0 Å². The van der Waals surface area contributed by atoms with Crippen LogP contribution in [0.1, 0.15) is 41.0 Å². The highest BCUT2D eigenvalue weighted by Gasteiger charge is 2.44. The highest BCUT2D eigenvalue weighted by Crippen LogP contribution is 2.36. The third-order valence-electron chi connectivity index (χ3n) is 5.67. The van der Waals surface area contributed by atoms with Gasteiger partial charge in [-0.2, -0.15) is 9.90 Å². The van der Waals surface area contributed by atoms with Crippen LogP contribution < -0.4 is 10.4 Å². The Hall–Kier alpha value is -5.09. The Bertz CT molecular complexity index is 1370. The number of para-hydroxylation sites is 2. The summed E-state index contributed by atoms with van der Waals surface area (Å²) in [5.74, 6) is -2.77. The lowest BCUT2D eigenvalue weighted by molar-refractivity contribution is -0.133. The molecule has 3 rings (SSSR count). The van der Waals surface area contributed by atoms with Gasteiger partial charge in [0.1, 0.15) is 24.5 Å². The molecule has 12 heteroatoms. The van der Waals surface area contributed by atoms with Gasteiger partial charge in [-0.3, -0.25) is 5.01 Å². The highest BCUT2D eigenvalue weighted by molar-refractivity contribution is 6.37. The number of carbonyl (C=O) groups is 4. The van der Waals surface area contributed by atoms with Crippen LogP contribution in [0.2, 0.25) is 0 Å². The fourth-order valence-electron chi connectivity index (χ4n) is 3.73. The van der Waals surface area contributed by atoms with Crippen LogP contribution in [-0.4, -0.2) is 68.8 Å². The molecule has 0 amide bonds. The number of esters is 4. The zero-order valence-electron chi connectivity index (χ0n) is 22.6. The van der Waals surface area contributed by atoms with E-state index >= 15 is 0 Å². The summed E-state index contributed by atoms with van der Waals surface area (Å²) in [5, 5.41) is 9.53. The number of hydrogen-bond acceptors (Lipinski definition) is 12. The summed E-state index contributed by atoms with van der Waals surface area (Å²) in [7, 11) is 2.42. The second-order valence-electron chi connectivity index (χ2n) is 9.02. The molecule has 208 valence electrons. The lowest BCUT2D eigenvalue weighted by atomic mass is 9.95. The molecular weight excluding hydrogens is 520 g/mol. The molecule has 12 nitrogen and oxygen atoms in total. The molecule has 1 atom stereocenters. The minimum absolute atomic E-state index is 0.0353. The predicted octanol–water partition coefficient (Wildman–Crippen LogP) is 3.22. The number of nitrogens with zero attached hydrogens (tertiary/aromatic N) is 3. The molecule has 1 heterocycles. The number of carbonyl (C=O) groups excluding carboxylic acids is 4. The van der Waals surface area contributed by atoms with Crippen molar-refractivity contribution in [1.82, 2.24) is 0 Å². The Morgan fingerprint density at radius 3 is 2.33 bits per heavy atom. The van der Waals surface area contributed by atoms with Gasteiger partial charge in [-0.15, -0.1) is 0 Å². The summed E-state index contributed by atoms with van der Waals surface area (Å²) < 4.78 is 20.3. The van der Waals surface area contributed by atoms with Crippen molar-refractivity contribution in [3.05, 3.63) is 71.8 Å². The van der Waals surface area contributed by atoms with Crippen molar-refractivity contribution in [2.24, 2.45) is 10.2 Å². The smallest absolute Gasteiger partial charge is 0.464 e. The van der Waals surface area contributed by atoms with E-state index in [1.807, 2.05) is 0 Å². The highest BCUT2D eigenvalue weighted by atomic mass is 16.5. The van der Waals surface area contributed by atoms with Crippen molar-refractivity contribution in [2.75, 3.05) is 37.9 Å². The van der Waals surface area contributed by atoms with Crippen molar-refractivity contribution >= 4 is 47.2 Å². The molecule has 40 heavy (non-hydrogen) atoms. The standard InChI is InChI=1S/C28H28N4O8/c1-18(2)16-39-26(35)20-11-7-9-13-23(20)32-28(3,14-22(31-32)27(36)38-5)17-40-25(34)19-10-6-8-12-21(19)30-29-15-24(33)37-4/h6-13H,1,14,16-17H2,2-5H3/p+1. The average Bonchev–Trinajstić information content (AvgIpc) is 3.31. The predicted molar refractivity (Wildman–Crippen MR) is 146 cm³/mol. The molecule has 2 aromatic carbocycles. The van der Waals surface area contributed by atoms with Crippen LogP contribution in [0.4, 0.5) is 11.4 Å². The molecule has 1 aliphatic rings. The van der Waals surface area contributed by atoms with E-state index in [1.165, 1.54) is 25.3 Å². The Labute approximate surface area is 231 Å². The molecule has 0 saturated heterocycles. The van der Waals surface area contributed by atoms with Crippen molar-refractivity contribution in [2.45, 2.75) is 25.8 Å². The van der Waals surface area contributed by atoms with E-state index in [1.54, 1.807) is 56.3 Å². The van der Waals surface area contributed by atoms with Gasteiger partial charge in [0.05, 0.1) is 41.8 Å². The fraction of sp³-hybridized carbons (Fsp3) is 0.286. The number of hydrazone groups is 2. The second kappa shape index (κ2) is 13.1. The maximum atomic E-state index is 13.1. The summed E-state index contributed by atoms with van der Waals surface area (Å²) in [6.07, 6.45) is 2.15. The molecular formula is C28H29N4O8+. The summed E-state index contributed by atoms with van der Waals surface area (Å²) >= 11 is 0. The van der Waals surface area contributed by atoms with Gasteiger partial charge in [0, 0.05) is 6.42 Å². The lowest BCUT2D eigenvalue weighted by Crippen LogP contribution is -2.45. The number of benzene rings is 2. The molecule has 0 fully saturated rings. The van der Waals surface area contributed by atoms with E-state index < -0.39 is 29.4 Å². The molecule has 0 radical (unpaired) electrons. The second-order valence-corrected chi connectivity index (χ2v) is 9.02. The van der Waals surface area contributed by atoms with Crippen molar-refractivity contribution < 1.29 is 38.1 Å². The van der Waals surface area contributed by atoms with Crippen LogP contribution in [-0.2, 0) is 28.5 Å². The van der Waals surface area contributed by atoms with Crippen molar-refractivity contribution in [1.29, 1.82) is 0 Å². The third kappa shape index (κ3) is 7.06. The molecule has 0 bridgehead atoms. The molecule has 0 spiro atoms. The minimum Gasteiger partial charge on any atom is -0.464 e. The topological polar surface area (TPSA) is 145 Å². The van der Waals surface area contributed by atoms with E-state index in [0.29, 0.717) is 11.3 Å².